The molecule has 0 aliphatic carbocycles. The molecule has 5 nitrogen and oxygen atoms in total. The van der Waals surface area contributed by atoms with Gasteiger partial charge in [-0.25, -0.2) is 0 Å². The molecular weight excluding hydrogens is 298 g/mol. The molecule has 108 valence electrons. The van der Waals surface area contributed by atoms with E-state index in [1.54, 1.807) is 13.3 Å². The van der Waals surface area contributed by atoms with Crippen LogP contribution in [0.15, 0.2) is 46.5 Å². The number of H-pyrrole nitrogens is 1. The summed E-state index contributed by atoms with van der Waals surface area (Å²) in [6, 6.07) is 9.53. The second-order valence-electron chi connectivity index (χ2n) is 4.19. The first-order valence-corrected chi connectivity index (χ1v) is 8.33. The molecule has 0 amide bonds. The van der Waals surface area contributed by atoms with Crippen LogP contribution in [-0.4, -0.2) is 30.8 Å². The Morgan fingerprint density at radius 1 is 1.30 bits per heavy atom. The van der Waals surface area contributed by atoms with Crippen LogP contribution in [0.2, 0.25) is 0 Å². The van der Waals surface area contributed by atoms with Crippen LogP contribution >= 0.6 is 11.8 Å². The van der Waals surface area contributed by atoms with E-state index in [1.807, 2.05) is 30.3 Å². The maximum absolute atomic E-state index is 10.7. The van der Waals surface area contributed by atoms with Crippen molar-refractivity contribution in [3.63, 3.8) is 0 Å². The number of benzene rings is 1. The van der Waals surface area contributed by atoms with Crippen molar-refractivity contribution >= 4 is 21.9 Å². The van der Waals surface area contributed by atoms with Gasteiger partial charge in [0.1, 0.15) is 5.75 Å². The van der Waals surface area contributed by atoms with E-state index in [0.717, 1.165) is 21.2 Å². The zero-order valence-corrected chi connectivity index (χ0v) is 12.5. The summed E-state index contributed by atoms with van der Waals surface area (Å²) in [6.07, 6.45) is 2.04. The molecule has 0 atom stereocenters. The number of nitrogens with one attached hydrogen (secondary N) is 1. The highest BCUT2D eigenvalue weighted by atomic mass is 32.2. The van der Waals surface area contributed by atoms with Crippen LogP contribution in [0.3, 0.4) is 0 Å². The standard InChI is InChI=1S/C13H15NO4S2/c1-18-11-2-4-12(5-3-11)19-13-8-10(9-14-13)6-7-20(15,16)17/h2-5,8-9,14H,6-7H2,1H3,(H,15,16,17). The zero-order valence-electron chi connectivity index (χ0n) is 10.9. The van der Waals surface area contributed by atoms with Gasteiger partial charge in [-0.3, -0.25) is 4.55 Å². The number of hydrogen-bond acceptors (Lipinski definition) is 4. The van der Waals surface area contributed by atoms with Gasteiger partial charge in [0.2, 0.25) is 0 Å². The number of aromatic amines is 1. The molecule has 0 saturated heterocycles. The first-order chi connectivity index (χ1) is 9.46. The Morgan fingerprint density at radius 3 is 2.60 bits per heavy atom. The van der Waals surface area contributed by atoms with E-state index in [2.05, 4.69) is 4.98 Å². The monoisotopic (exact) mass is 313 g/mol. The van der Waals surface area contributed by atoms with Gasteiger partial charge in [0.05, 0.1) is 17.9 Å². The van der Waals surface area contributed by atoms with Crippen LogP contribution < -0.4 is 4.74 Å². The lowest BCUT2D eigenvalue weighted by Crippen LogP contribution is -2.05. The van der Waals surface area contributed by atoms with Crippen LogP contribution in [0.4, 0.5) is 0 Å². The van der Waals surface area contributed by atoms with E-state index >= 15 is 0 Å². The van der Waals surface area contributed by atoms with E-state index < -0.39 is 10.1 Å². The topological polar surface area (TPSA) is 79.4 Å². The Kier molecular flexibility index (Phi) is 4.74. The van der Waals surface area contributed by atoms with Crippen molar-refractivity contribution in [1.29, 1.82) is 0 Å². The molecule has 0 aliphatic rings. The average Bonchev–Trinajstić information content (AvgIpc) is 2.84. The molecule has 1 aromatic heterocycles. The molecular formula is C13H15NO4S2. The van der Waals surface area contributed by atoms with Crippen LogP contribution in [0.5, 0.6) is 5.75 Å². The number of aryl methyl sites for hydroxylation is 1. The Bertz CT molecular complexity index is 662. The Labute approximate surface area is 122 Å². The highest BCUT2D eigenvalue weighted by Gasteiger charge is 2.07. The van der Waals surface area contributed by atoms with Crippen molar-refractivity contribution in [2.75, 3.05) is 12.9 Å². The summed E-state index contributed by atoms with van der Waals surface area (Å²) in [7, 11) is -2.29. The van der Waals surface area contributed by atoms with Crippen molar-refractivity contribution in [2.24, 2.45) is 0 Å². The van der Waals surface area contributed by atoms with Crippen LogP contribution in [0.25, 0.3) is 0 Å². The first-order valence-electron chi connectivity index (χ1n) is 5.90. The summed E-state index contributed by atoms with van der Waals surface area (Å²) in [5, 5.41) is 0.917. The van der Waals surface area contributed by atoms with Gasteiger partial charge in [0.25, 0.3) is 10.1 Å². The molecule has 7 heteroatoms. The SMILES string of the molecule is COc1ccc(Sc2cc(CCS(=O)(=O)O)c[nH]2)cc1. The van der Waals surface area contributed by atoms with E-state index in [4.69, 9.17) is 9.29 Å². The summed E-state index contributed by atoms with van der Waals surface area (Å²) >= 11 is 1.54. The van der Waals surface area contributed by atoms with Gasteiger partial charge in [-0.05, 0) is 42.3 Å². The van der Waals surface area contributed by atoms with Crippen LogP contribution in [-0.2, 0) is 16.5 Å². The third-order valence-electron chi connectivity index (χ3n) is 2.65. The highest BCUT2D eigenvalue weighted by Crippen LogP contribution is 2.28. The maximum atomic E-state index is 10.7. The van der Waals surface area contributed by atoms with E-state index in [1.165, 1.54) is 11.8 Å². The molecule has 0 aliphatic heterocycles. The number of hydrogen-bond donors (Lipinski definition) is 2. The van der Waals surface area contributed by atoms with Gasteiger partial charge in [-0.1, -0.05) is 11.8 Å². The quantitative estimate of drug-likeness (QED) is 0.801. The summed E-state index contributed by atoms with van der Waals surface area (Å²) < 4.78 is 35.2. The fourth-order valence-electron chi connectivity index (χ4n) is 1.64. The molecule has 0 saturated carbocycles. The molecule has 2 N–H and O–H groups in total. The van der Waals surface area contributed by atoms with E-state index in [0.29, 0.717) is 6.42 Å². The predicted molar refractivity (Wildman–Crippen MR) is 78.0 cm³/mol. The molecule has 1 aromatic carbocycles. The normalized spacial score (nSPS) is 11.5. The number of methoxy groups -OCH3 is 1. The first kappa shape index (κ1) is 15.0. The third kappa shape index (κ3) is 4.59. The number of aromatic nitrogens is 1. The molecule has 0 bridgehead atoms. The van der Waals surface area contributed by atoms with Crippen molar-refractivity contribution in [3.8, 4) is 5.75 Å². The molecule has 0 radical (unpaired) electrons. The Balaban J connectivity index is 1.98. The van der Waals surface area contributed by atoms with Crippen molar-refractivity contribution in [2.45, 2.75) is 16.3 Å². The lowest BCUT2D eigenvalue weighted by atomic mass is 10.3. The minimum atomic E-state index is -3.91. The van der Waals surface area contributed by atoms with Crippen molar-refractivity contribution in [3.05, 3.63) is 42.1 Å². The van der Waals surface area contributed by atoms with Gasteiger partial charge >= 0.3 is 0 Å². The Morgan fingerprint density at radius 2 is 2.00 bits per heavy atom. The number of rotatable bonds is 6. The smallest absolute Gasteiger partial charge is 0.265 e. The van der Waals surface area contributed by atoms with Crippen LogP contribution in [0, 0.1) is 0 Å². The Hall–Kier alpha value is -1.44. The molecule has 20 heavy (non-hydrogen) atoms. The fourth-order valence-corrected chi connectivity index (χ4v) is 2.98. The summed E-state index contributed by atoms with van der Waals surface area (Å²) in [4.78, 5) is 4.12. The maximum Gasteiger partial charge on any atom is 0.265 e. The van der Waals surface area contributed by atoms with E-state index in [9.17, 15) is 8.42 Å². The van der Waals surface area contributed by atoms with Crippen molar-refractivity contribution < 1.29 is 17.7 Å². The third-order valence-corrected chi connectivity index (χ3v) is 4.34. The van der Waals surface area contributed by atoms with Gasteiger partial charge in [0.15, 0.2) is 0 Å². The highest BCUT2D eigenvalue weighted by molar-refractivity contribution is 7.99. The molecule has 2 aromatic rings. The van der Waals surface area contributed by atoms with Crippen molar-refractivity contribution in [1.82, 2.24) is 4.98 Å². The van der Waals surface area contributed by atoms with Gasteiger partial charge in [-0.2, -0.15) is 8.42 Å². The predicted octanol–water partition coefficient (Wildman–Crippen LogP) is 2.60. The number of ether oxygens (including phenoxy) is 1. The molecule has 1 heterocycles. The summed E-state index contributed by atoms with van der Waals surface area (Å²) in [5.74, 6) is 0.534. The van der Waals surface area contributed by atoms with Crippen LogP contribution in [0.1, 0.15) is 5.56 Å². The van der Waals surface area contributed by atoms with Gasteiger partial charge in [0, 0.05) is 11.1 Å². The lowest BCUT2D eigenvalue weighted by Gasteiger charge is -2.01. The largest absolute Gasteiger partial charge is 0.497 e. The molecule has 0 spiro atoms. The molecule has 2 rings (SSSR count). The molecule has 0 fully saturated rings. The summed E-state index contributed by atoms with van der Waals surface area (Å²) in [6.45, 7) is 0. The fraction of sp³-hybridized carbons (Fsp3) is 0.231. The second-order valence-corrected chi connectivity index (χ2v) is 6.87. The zero-order chi connectivity index (χ0) is 14.6. The van der Waals surface area contributed by atoms with Gasteiger partial charge in [-0.15, -0.1) is 0 Å². The minimum absolute atomic E-state index is 0.266. The molecule has 0 unspecified atom stereocenters. The lowest BCUT2D eigenvalue weighted by molar-refractivity contribution is 0.414. The minimum Gasteiger partial charge on any atom is -0.497 e. The van der Waals surface area contributed by atoms with Gasteiger partial charge < -0.3 is 9.72 Å². The van der Waals surface area contributed by atoms with E-state index in [-0.39, 0.29) is 5.75 Å². The second kappa shape index (κ2) is 6.34. The average molecular weight is 313 g/mol. The summed E-state index contributed by atoms with van der Waals surface area (Å²) in [5.41, 5.74) is 0.846.